The summed E-state index contributed by atoms with van der Waals surface area (Å²) in [5, 5.41) is 9.83. The first-order valence-corrected chi connectivity index (χ1v) is 5.13. The Morgan fingerprint density at radius 2 is 1.88 bits per heavy atom. The Morgan fingerprint density at radius 3 is 2.24 bits per heavy atom. The molecule has 0 radical (unpaired) electrons. The molecule has 0 unspecified atom stereocenters. The van der Waals surface area contributed by atoms with Crippen LogP contribution in [0.5, 0.6) is 0 Å². The zero-order chi connectivity index (χ0) is 13.7. The largest absolute Gasteiger partial charge is 0.400 e. The summed E-state index contributed by atoms with van der Waals surface area (Å²) < 4.78 is 0. The van der Waals surface area contributed by atoms with E-state index in [-0.39, 0.29) is 5.92 Å². The number of aldehydes is 2. The number of anilines is 1. The fraction of sp³-hybridized carbons (Fsp3) is 0.417. The summed E-state index contributed by atoms with van der Waals surface area (Å²) >= 11 is 0. The van der Waals surface area contributed by atoms with Crippen LogP contribution in [0.15, 0.2) is 18.3 Å². The van der Waals surface area contributed by atoms with E-state index in [1.807, 2.05) is 13.8 Å². The van der Waals surface area contributed by atoms with Gasteiger partial charge in [-0.25, -0.2) is 4.98 Å². The molecule has 2 N–H and O–H groups in total. The predicted molar refractivity (Wildman–Crippen MR) is 68.2 cm³/mol. The van der Waals surface area contributed by atoms with Crippen LogP contribution in [0.1, 0.15) is 24.2 Å². The zero-order valence-electron chi connectivity index (χ0n) is 10.7. The summed E-state index contributed by atoms with van der Waals surface area (Å²) in [5.74, 6) is 0.916. The van der Waals surface area contributed by atoms with Crippen LogP contribution in [0.4, 0.5) is 5.82 Å². The lowest BCUT2D eigenvalue weighted by Crippen LogP contribution is -1.92. The first kappa shape index (κ1) is 17.6. The maximum absolute atomic E-state index is 10.2. The average molecular weight is 240 g/mol. The molecule has 0 aliphatic rings. The first-order valence-electron chi connectivity index (χ1n) is 5.13. The van der Waals surface area contributed by atoms with Crippen molar-refractivity contribution in [3.63, 3.8) is 0 Å². The van der Waals surface area contributed by atoms with Gasteiger partial charge in [-0.2, -0.15) is 0 Å². The average Bonchev–Trinajstić information content (AvgIpc) is 2.41. The normalized spacial score (nSPS) is 8.12. The lowest BCUT2D eigenvalue weighted by molar-refractivity contribution is -0.110. The van der Waals surface area contributed by atoms with Crippen molar-refractivity contribution in [2.75, 3.05) is 19.5 Å². The summed E-state index contributed by atoms with van der Waals surface area (Å²) in [7, 11) is 2.76. The number of aliphatic hydroxyl groups excluding tert-OH is 1. The van der Waals surface area contributed by atoms with Crippen molar-refractivity contribution in [1.29, 1.82) is 0 Å². The fourth-order valence-corrected chi connectivity index (χ4v) is 0.657. The number of carbonyl (C=O) groups excluding carboxylic acids is 2. The minimum absolute atomic E-state index is 0.204. The molecule has 0 fully saturated rings. The lowest BCUT2D eigenvalue weighted by atomic mass is 10.3. The van der Waals surface area contributed by atoms with Gasteiger partial charge in [-0.05, 0) is 12.1 Å². The molecule has 1 aromatic heterocycles. The molecular weight excluding hydrogens is 220 g/mol. The summed E-state index contributed by atoms with van der Waals surface area (Å²) in [6.45, 7) is 3.71. The molecule has 5 nitrogen and oxygen atoms in total. The van der Waals surface area contributed by atoms with Gasteiger partial charge in [-0.3, -0.25) is 4.79 Å². The number of hydrogen-bond acceptors (Lipinski definition) is 5. The second kappa shape index (κ2) is 12.3. The van der Waals surface area contributed by atoms with Gasteiger partial charge < -0.3 is 15.2 Å². The van der Waals surface area contributed by atoms with Crippen molar-refractivity contribution >= 4 is 18.4 Å². The van der Waals surface area contributed by atoms with Gasteiger partial charge in [0, 0.05) is 31.8 Å². The van der Waals surface area contributed by atoms with Gasteiger partial charge in [0.25, 0.3) is 0 Å². The Bertz CT molecular complexity index is 314. The molecule has 0 aliphatic carbocycles. The summed E-state index contributed by atoms with van der Waals surface area (Å²) in [6.07, 6.45) is 3.30. The number of aliphatic hydroxyl groups is 1. The molecule has 0 aromatic carbocycles. The van der Waals surface area contributed by atoms with Crippen molar-refractivity contribution < 1.29 is 14.7 Å². The van der Waals surface area contributed by atoms with Crippen molar-refractivity contribution in [3.05, 3.63) is 23.9 Å². The van der Waals surface area contributed by atoms with Crippen LogP contribution >= 0.6 is 0 Å². The third-order valence-electron chi connectivity index (χ3n) is 1.45. The van der Waals surface area contributed by atoms with Gasteiger partial charge in [-0.15, -0.1) is 0 Å². The van der Waals surface area contributed by atoms with Crippen LogP contribution in [-0.2, 0) is 4.79 Å². The molecule has 5 heteroatoms. The molecule has 0 atom stereocenters. The Balaban J connectivity index is 0. The van der Waals surface area contributed by atoms with Gasteiger partial charge in [0.2, 0.25) is 0 Å². The van der Waals surface area contributed by atoms with Crippen molar-refractivity contribution in [3.8, 4) is 0 Å². The smallest absolute Gasteiger partial charge is 0.150 e. The number of nitrogens with one attached hydrogen (secondary N) is 1. The van der Waals surface area contributed by atoms with E-state index in [1.54, 1.807) is 25.4 Å². The third kappa shape index (κ3) is 10.5. The molecule has 1 heterocycles. The topological polar surface area (TPSA) is 79.3 Å². The Hall–Kier alpha value is -1.75. The lowest BCUT2D eigenvalue weighted by Gasteiger charge is -1.96. The zero-order valence-corrected chi connectivity index (χ0v) is 10.7. The Kier molecular flexibility index (Phi) is 12.8. The Labute approximate surface area is 102 Å². The molecule has 17 heavy (non-hydrogen) atoms. The highest BCUT2D eigenvalue weighted by Gasteiger charge is 1.90. The van der Waals surface area contributed by atoms with Crippen molar-refractivity contribution in [1.82, 2.24) is 4.98 Å². The first-order chi connectivity index (χ1) is 8.13. The van der Waals surface area contributed by atoms with Crippen LogP contribution in [0.2, 0.25) is 0 Å². The fourth-order valence-electron chi connectivity index (χ4n) is 0.657. The van der Waals surface area contributed by atoms with Crippen molar-refractivity contribution in [2.24, 2.45) is 5.92 Å². The monoisotopic (exact) mass is 240 g/mol. The predicted octanol–water partition coefficient (Wildman–Crippen LogP) is 1.39. The van der Waals surface area contributed by atoms with Crippen LogP contribution in [0, 0.1) is 5.92 Å². The van der Waals surface area contributed by atoms with E-state index in [2.05, 4.69) is 10.3 Å². The number of rotatable bonds is 3. The number of carbonyl (C=O) groups is 2. The molecule has 0 saturated heterocycles. The van der Waals surface area contributed by atoms with Gasteiger partial charge >= 0.3 is 0 Å². The van der Waals surface area contributed by atoms with E-state index in [4.69, 9.17) is 5.11 Å². The second-order valence-electron chi connectivity index (χ2n) is 3.22. The van der Waals surface area contributed by atoms with E-state index in [9.17, 15) is 9.59 Å². The standard InChI is InChI=1S/C7H8N2O.C4H8O.CH4O/c1-8-7-4-6(5-10)2-3-9-7;1-4(2)3-5;1-2/h2-5H,1H3,(H,8,9);3-4H,1-2H3;2H,1H3. The molecule has 0 amide bonds. The second-order valence-corrected chi connectivity index (χ2v) is 3.22. The third-order valence-corrected chi connectivity index (χ3v) is 1.45. The summed E-state index contributed by atoms with van der Waals surface area (Å²) in [4.78, 5) is 23.7. The summed E-state index contributed by atoms with van der Waals surface area (Å²) in [6, 6.07) is 3.35. The van der Waals surface area contributed by atoms with E-state index in [1.165, 1.54) is 0 Å². The molecule has 0 aliphatic heterocycles. The minimum Gasteiger partial charge on any atom is -0.400 e. The van der Waals surface area contributed by atoms with Crippen LogP contribution < -0.4 is 5.32 Å². The molecule has 1 rings (SSSR count). The van der Waals surface area contributed by atoms with E-state index >= 15 is 0 Å². The van der Waals surface area contributed by atoms with Crippen molar-refractivity contribution in [2.45, 2.75) is 13.8 Å². The van der Waals surface area contributed by atoms with Gasteiger partial charge in [0.15, 0.2) is 0 Å². The molecule has 0 saturated carbocycles. The highest BCUT2D eigenvalue weighted by Crippen LogP contribution is 2.02. The van der Waals surface area contributed by atoms with Crippen LogP contribution in [-0.4, -0.2) is 36.8 Å². The molecule has 0 bridgehead atoms. The molecule has 0 spiro atoms. The highest BCUT2D eigenvalue weighted by molar-refractivity contribution is 5.75. The van der Waals surface area contributed by atoms with Crippen LogP contribution in [0.25, 0.3) is 0 Å². The highest BCUT2D eigenvalue weighted by atomic mass is 16.2. The number of aromatic nitrogens is 1. The minimum atomic E-state index is 0.204. The number of hydrogen-bond donors (Lipinski definition) is 2. The van der Waals surface area contributed by atoms with Gasteiger partial charge in [-0.1, -0.05) is 13.8 Å². The number of nitrogens with zero attached hydrogens (tertiary/aromatic N) is 1. The van der Waals surface area contributed by atoms with Crippen LogP contribution in [0.3, 0.4) is 0 Å². The van der Waals surface area contributed by atoms with Gasteiger partial charge in [0.05, 0.1) is 0 Å². The quantitative estimate of drug-likeness (QED) is 0.780. The molecule has 1 aromatic rings. The van der Waals surface area contributed by atoms with E-state index in [0.29, 0.717) is 11.4 Å². The SMILES string of the molecule is CC(C)C=O.CNc1cc(C=O)ccn1.CO. The molecular formula is C12H20N2O3. The van der Waals surface area contributed by atoms with E-state index in [0.717, 1.165) is 19.7 Å². The maximum atomic E-state index is 10.2. The Morgan fingerprint density at radius 1 is 1.35 bits per heavy atom. The molecule has 96 valence electrons. The summed E-state index contributed by atoms with van der Waals surface area (Å²) in [5.41, 5.74) is 0.638. The maximum Gasteiger partial charge on any atom is 0.150 e. The number of pyridine rings is 1. The van der Waals surface area contributed by atoms with E-state index < -0.39 is 0 Å². The van der Waals surface area contributed by atoms with Gasteiger partial charge in [0.1, 0.15) is 18.4 Å².